The quantitative estimate of drug-likeness (QED) is 0.544. The van der Waals surface area contributed by atoms with Crippen molar-refractivity contribution in [1.29, 1.82) is 0 Å². The Morgan fingerprint density at radius 3 is 2.05 bits per heavy atom. The van der Waals surface area contributed by atoms with Crippen LogP contribution in [-0.2, 0) is 9.59 Å². The van der Waals surface area contributed by atoms with Crippen LogP contribution in [0.25, 0.3) is 0 Å². The van der Waals surface area contributed by atoms with Crippen molar-refractivity contribution in [2.75, 3.05) is 11.9 Å². The van der Waals surface area contributed by atoms with Gasteiger partial charge in [0.15, 0.2) is 0 Å². The number of carbonyl (C=O) groups is 2. The van der Waals surface area contributed by atoms with Crippen LogP contribution in [0.5, 0.6) is 0 Å². The zero-order chi connectivity index (χ0) is 14.8. The Morgan fingerprint density at radius 2 is 1.68 bits per heavy atom. The van der Waals surface area contributed by atoms with Crippen molar-refractivity contribution in [1.82, 2.24) is 4.90 Å². The lowest BCUT2D eigenvalue weighted by molar-refractivity contribution is -0.274. The number of hydrogen-bond donors (Lipinski definition) is 0. The summed E-state index contributed by atoms with van der Waals surface area (Å²) < 4.78 is 62.3. The van der Waals surface area contributed by atoms with E-state index in [0.29, 0.717) is 17.7 Å². The third-order valence-corrected chi connectivity index (χ3v) is 3.28. The van der Waals surface area contributed by atoms with Gasteiger partial charge in [-0.2, -0.15) is 22.0 Å². The van der Waals surface area contributed by atoms with Crippen LogP contribution < -0.4 is 0 Å². The van der Waals surface area contributed by atoms with Gasteiger partial charge < -0.3 is 4.90 Å². The number of hydrogen-bond acceptors (Lipinski definition) is 2. The van der Waals surface area contributed by atoms with Crippen molar-refractivity contribution in [3.63, 3.8) is 0 Å². The molecule has 0 unspecified atom stereocenters. The second kappa shape index (κ2) is 5.72. The van der Waals surface area contributed by atoms with Gasteiger partial charge in [-0.25, -0.2) is 0 Å². The van der Waals surface area contributed by atoms with E-state index in [4.69, 9.17) is 0 Å². The smallest absolute Gasteiger partial charge is 0.334 e. The highest BCUT2D eigenvalue weighted by Crippen LogP contribution is 2.39. The van der Waals surface area contributed by atoms with Crippen molar-refractivity contribution >= 4 is 27.6 Å². The Morgan fingerprint density at radius 1 is 1.16 bits per heavy atom. The number of Topliss-reactive ketones (excluding diaryl/α,β-unsaturated/α-hetero) is 1. The van der Waals surface area contributed by atoms with E-state index in [1.165, 1.54) is 0 Å². The van der Waals surface area contributed by atoms with Gasteiger partial charge in [0.25, 0.3) is 0 Å². The van der Waals surface area contributed by atoms with Gasteiger partial charge >= 0.3 is 18.0 Å². The molecule has 0 heterocycles. The van der Waals surface area contributed by atoms with Gasteiger partial charge in [0.2, 0.25) is 0 Å². The topological polar surface area (TPSA) is 37.4 Å². The van der Waals surface area contributed by atoms with Crippen molar-refractivity contribution < 1.29 is 31.5 Å². The third-order valence-electron chi connectivity index (χ3n) is 2.65. The summed E-state index contributed by atoms with van der Waals surface area (Å²) in [6, 6.07) is -0.621. The Hall–Kier alpha value is -0.730. The van der Waals surface area contributed by atoms with E-state index in [2.05, 4.69) is 15.9 Å². The number of rotatable bonds is 6. The Bertz CT molecular complexity index is 367. The molecule has 19 heavy (non-hydrogen) atoms. The molecule has 0 aromatic carbocycles. The molecule has 1 amide bonds. The van der Waals surface area contributed by atoms with Gasteiger partial charge in [-0.1, -0.05) is 15.9 Å². The van der Waals surface area contributed by atoms with E-state index in [1.54, 1.807) is 0 Å². The van der Waals surface area contributed by atoms with Crippen LogP contribution >= 0.6 is 15.9 Å². The predicted molar refractivity (Wildman–Crippen MR) is 59.2 cm³/mol. The molecule has 1 rings (SSSR count). The molecule has 0 atom stereocenters. The van der Waals surface area contributed by atoms with E-state index in [9.17, 15) is 31.5 Å². The maximum absolute atomic E-state index is 13.0. The SMILES string of the molecule is O=C(CBr)CCN(C(=O)C(F)(F)C(F)(F)F)C1CC1. The highest BCUT2D eigenvalue weighted by Gasteiger charge is 2.65. The standard InChI is InChI=1S/C10H11BrF5NO2/c11-5-7(18)3-4-17(6-1-2-6)8(19)9(12,13)10(14,15)16/h6H,1-5H2. The molecule has 0 spiro atoms. The number of carbonyl (C=O) groups excluding carboxylic acids is 2. The summed E-state index contributed by atoms with van der Waals surface area (Å²) in [6.45, 7) is -0.417. The Balaban J connectivity index is 2.76. The van der Waals surface area contributed by atoms with Crippen LogP contribution in [0.15, 0.2) is 0 Å². The van der Waals surface area contributed by atoms with Crippen molar-refractivity contribution in [3.05, 3.63) is 0 Å². The molecular weight excluding hydrogens is 341 g/mol. The van der Waals surface area contributed by atoms with Gasteiger partial charge in [0.1, 0.15) is 5.78 Å². The molecule has 0 aromatic rings. The molecule has 1 saturated carbocycles. The number of ketones is 1. The molecule has 110 valence electrons. The summed E-state index contributed by atoms with van der Waals surface area (Å²) in [4.78, 5) is 22.8. The van der Waals surface area contributed by atoms with Crippen LogP contribution in [0.4, 0.5) is 22.0 Å². The first-order valence-electron chi connectivity index (χ1n) is 5.44. The van der Waals surface area contributed by atoms with Crippen LogP contribution in [0.2, 0.25) is 0 Å². The molecule has 0 bridgehead atoms. The van der Waals surface area contributed by atoms with Gasteiger partial charge in [0, 0.05) is 19.0 Å². The lowest BCUT2D eigenvalue weighted by Gasteiger charge is -2.27. The Labute approximate surface area is 114 Å². The minimum atomic E-state index is -5.92. The minimum Gasteiger partial charge on any atom is -0.334 e. The summed E-state index contributed by atoms with van der Waals surface area (Å²) in [7, 11) is 0. The monoisotopic (exact) mass is 351 g/mol. The van der Waals surface area contributed by atoms with Gasteiger partial charge in [-0.15, -0.1) is 0 Å². The van der Waals surface area contributed by atoms with Crippen LogP contribution in [-0.4, -0.2) is 46.6 Å². The van der Waals surface area contributed by atoms with E-state index >= 15 is 0 Å². The lowest BCUT2D eigenvalue weighted by atomic mass is 10.2. The van der Waals surface area contributed by atoms with Gasteiger partial charge in [-0.3, -0.25) is 9.59 Å². The van der Waals surface area contributed by atoms with Crippen LogP contribution in [0.3, 0.4) is 0 Å². The largest absolute Gasteiger partial charge is 0.463 e. The summed E-state index contributed by atoms with van der Waals surface area (Å²) in [6.07, 6.45) is -5.41. The molecule has 3 nitrogen and oxygen atoms in total. The predicted octanol–water partition coefficient (Wildman–Crippen LogP) is 2.53. The first-order chi connectivity index (χ1) is 8.61. The summed E-state index contributed by atoms with van der Waals surface area (Å²) >= 11 is 2.84. The fraction of sp³-hybridized carbons (Fsp3) is 0.800. The minimum absolute atomic E-state index is 0.0324. The summed E-state index contributed by atoms with van der Waals surface area (Å²) in [5.74, 6) is -8.05. The molecule has 0 aliphatic heterocycles. The number of alkyl halides is 6. The highest BCUT2D eigenvalue weighted by molar-refractivity contribution is 9.09. The average molecular weight is 352 g/mol. The molecule has 0 aromatic heterocycles. The van der Waals surface area contributed by atoms with E-state index < -0.39 is 30.6 Å². The third kappa shape index (κ3) is 3.87. The molecule has 0 radical (unpaired) electrons. The number of amides is 1. The Kier molecular flexibility index (Phi) is 4.91. The second-order valence-electron chi connectivity index (χ2n) is 4.22. The first-order valence-corrected chi connectivity index (χ1v) is 6.56. The van der Waals surface area contributed by atoms with Crippen molar-refractivity contribution in [3.8, 4) is 0 Å². The van der Waals surface area contributed by atoms with Crippen LogP contribution in [0, 0.1) is 0 Å². The van der Waals surface area contributed by atoms with Crippen molar-refractivity contribution in [2.45, 2.75) is 37.4 Å². The molecule has 1 aliphatic rings. The lowest BCUT2D eigenvalue weighted by Crippen LogP contribution is -2.53. The summed E-state index contributed by atoms with van der Waals surface area (Å²) in [5.41, 5.74) is 0. The molecule has 9 heteroatoms. The van der Waals surface area contributed by atoms with E-state index in [-0.39, 0.29) is 17.5 Å². The maximum Gasteiger partial charge on any atom is 0.463 e. The zero-order valence-electron chi connectivity index (χ0n) is 9.64. The summed E-state index contributed by atoms with van der Waals surface area (Å²) in [5, 5.41) is -0.0324. The molecular formula is C10H11BrF5NO2. The molecule has 1 fully saturated rings. The number of halogens is 6. The average Bonchev–Trinajstić information content (AvgIpc) is 3.11. The number of nitrogens with zero attached hydrogens (tertiary/aromatic N) is 1. The second-order valence-corrected chi connectivity index (χ2v) is 4.78. The normalized spacial score (nSPS) is 16.3. The first kappa shape index (κ1) is 16.3. The molecule has 0 saturated heterocycles. The van der Waals surface area contributed by atoms with Crippen molar-refractivity contribution in [2.24, 2.45) is 0 Å². The molecule has 0 N–H and O–H groups in total. The van der Waals surface area contributed by atoms with E-state index in [0.717, 1.165) is 0 Å². The maximum atomic E-state index is 13.0. The highest BCUT2D eigenvalue weighted by atomic mass is 79.9. The van der Waals surface area contributed by atoms with E-state index in [1.807, 2.05) is 0 Å². The fourth-order valence-corrected chi connectivity index (χ4v) is 1.73. The van der Waals surface area contributed by atoms with Crippen LogP contribution in [0.1, 0.15) is 19.3 Å². The van der Waals surface area contributed by atoms with Gasteiger partial charge in [0.05, 0.1) is 5.33 Å². The fourth-order valence-electron chi connectivity index (χ4n) is 1.45. The van der Waals surface area contributed by atoms with Gasteiger partial charge in [-0.05, 0) is 12.8 Å². The zero-order valence-corrected chi connectivity index (χ0v) is 11.2. The molecule has 1 aliphatic carbocycles.